The number of hydrogen-bond donors (Lipinski definition) is 1. The fourth-order valence-corrected chi connectivity index (χ4v) is 4.32. The van der Waals surface area contributed by atoms with Crippen molar-refractivity contribution in [1.82, 2.24) is 10.2 Å². The van der Waals surface area contributed by atoms with Crippen LogP contribution in [0.25, 0.3) is 6.08 Å². The van der Waals surface area contributed by atoms with Crippen molar-refractivity contribution in [3.8, 4) is 11.5 Å². The Hall–Kier alpha value is -4.18. The number of hydrogen-bond acceptors (Lipinski definition) is 6. The van der Waals surface area contributed by atoms with E-state index in [-0.39, 0.29) is 24.5 Å². The van der Waals surface area contributed by atoms with E-state index in [0.717, 1.165) is 16.0 Å². The van der Waals surface area contributed by atoms with Crippen LogP contribution in [0.5, 0.6) is 11.5 Å². The summed E-state index contributed by atoms with van der Waals surface area (Å²) in [5, 5.41) is 13.7. The topological polar surface area (TPSA) is 111 Å². The molecule has 1 N–H and O–H groups in total. The molecule has 10 heteroatoms. The molecular formula is C27H24BrN3O6. The summed E-state index contributed by atoms with van der Waals surface area (Å²) in [5.74, 6) is 0.409. The van der Waals surface area contributed by atoms with Gasteiger partial charge in [0.1, 0.15) is 12.3 Å². The van der Waals surface area contributed by atoms with Gasteiger partial charge in [-0.2, -0.15) is 0 Å². The smallest absolute Gasteiger partial charge is 0.329 e. The molecule has 1 aliphatic rings. The number of benzene rings is 3. The van der Waals surface area contributed by atoms with Crippen molar-refractivity contribution >= 4 is 39.6 Å². The van der Waals surface area contributed by atoms with E-state index in [4.69, 9.17) is 9.47 Å². The Bertz CT molecular complexity index is 1390. The van der Waals surface area contributed by atoms with E-state index in [0.29, 0.717) is 33.7 Å². The van der Waals surface area contributed by atoms with E-state index in [1.807, 2.05) is 38.1 Å². The number of imide groups is 1. The number of nitrogens with one attached hydrogen (secondary N) is 1. The van der Waals surface area contributed by atoms with Crippen LogP contribution in [0.4, 0.5) is 10.5 Å². The van der Waals surface area contributed by atoms with E-state index in [1.54, 1.807) is 30.3 Å². The molecule has 0 saturated carbocycles. The zero-order valence-corrected chi connectivity index (χ0v) is 21.8. The van der Waals surface area contributed by atoms with Gasteiger partial charge >= 0.3 is 6.03 Å². The first-order valence-electron chi connectivity index (χ1n) is 11.5. The summed E-state index contributed by atoms with van der Waals surface area (Å²) in [7, 11) is 0. The highest BCUT2D eigenvalue weighted by Crippen LogP contribution is 2.38. The minimum atomic E-state index is -0.488. The maximum atomic E-state index is 12.9. The molecule has 0 bridgehead atoms. The van der Waals surface area contributed by atoms with E-state index >= 15 is 0 Å². The summed E-state index contributed by atoms with van der Waals surface area (Å²) in [4.78, 5) is 37.2. The first-order valence-corrected chi connectivity index (χ1v) is 12.3. The molecule has 190 valence electrons. The van der Waals surface area contributed by atoms with Gasteiger partial charge in [-0.15, -0.1) is 0 Å². The Labute approximate surface area is 222 Å². The summed E-state index contributed by atoms with van der Waals surface area (Å²) in [5.41, 5.74) is 3.31. The second-order valence-electron chi connectivity index (χ2n) is 8.34. The number of ether oxygens (including phenoxy) is 2. The van der Waals surface area contributed by atoms with Crippen molar-refractivity contribution < 1.29 is 24.0 Å². The molecule has 1 heterocycles. The lowest BCUT2D eigenvalue weighted by molar-refractivity contribution is -0.384. The molecule has 3 aromatic rings. The number of urea groups is 1. The Morgan fingerprint density at radius 1 is 1.05 bits per heavy atom. The van der Waals surface area contributed by atoms with E-state index < -0.39 is 16.9 Å². The Morgan fingerprint density at radius 2 is 1.81 bits per heavy atom. The molecule has 0 spiro atoms. The third kappa shape index (κ3) is 6.15. The molecule has 0 radical (unpaired) electrons. The van der Waals surface area contributed by atoms with Gasteiger partial charge in [0.15, 0.2) is 11.5 Å². The van der Waals surface area contributed by atoms with Crippen molar-refractivity contribution in [2.75, 3.05) is 6.61 Å². The minimum Gasteiger partial charge on any atom is -0.490 e. The summed E-state index contributed by atoms with van der Waals surface area (Å²) in [6, 6.07) is 16.8. The standard InChI is InChI=1S/C27H24BrN3O6/c1-3-36-24-14-20(12-22(28)25(24)37-16-19-5-4-6-21(11-19)31(34)35)13-23-26(32)30(27(33)29-23)15-18-9-7-17(2)8-10-18/h4-14H,3,15-16H2,1-2H3,(H,29,33)/b23-13+. The predicted molar refractivity (Wildman–Crippen MR) is 141 cm³/mol. The van der Waals surface area contributed by atoms with Gasteiger partial charge in [-0.05, 0) is 64.7 Å². The molecule has 1 aliphatic heterocycles. The lowest BCUT2D eigenvalue weighted by atomic mass is 10.1. The van der Waals surface area contributed by atoms with Crippen molar-refractivity contribution in [2.45, 2.75) is 27.0 Å². The van der Waals surface area contributed by atoms with Gasteiger partial charge < -0.3 is 14.8 Å². The maximum Gasteiger partial charge on any atom is 0.329 e. The van der Waals surface area contributed by atoms with E-state index in [2.05, 4.69) is 21.2 Å². The molecule has 3 amide bonds. The van der Waals surface area contributed by atoms with Crippen LogP contribution in [0.1, 0.15) is 29.2 Å². The van der Waals surface area contributed by atoms with Gasteiger partial charge in [0.05, 0.1) is 22.5 Å². The highest BCUT2D eigenvalue weighted by molar-refractivity contribution is 9.10. The van der Waals surface area contributed by atoms with E-state index in [9.17, 15) is 19.7 Å². The quantitative estimate of drug-likeness (QED) is 0.153. The fourth-order valence-electron chi connectivity index (χ4n) is 3.75. The Balaban J connectivity index is 1.54. The average Bonchev–Trinajstić information content (AvgIpc) is 3.12. The Kier molecular flexibility index (Phi) is 7.88. The number of carbonyl (C=O) groups excluding carboxylic acids is 2. The SMILES string of the molecule is CCOc1cc(/C=C2/NC(=O)N(Cc3ccc(C)cc3)C2=O)cc(Br)c1OCc1cccc([N+](=O)[O-])c1. The third-order valence-corrected chi connectivity index (χ3v) is 6.16. The number of aryl methyl sites for hydroxylation is 1. The number of nitro benzene ring substituents is 1. The van der Waals surface area contributed by atoms with Crippen LogP contribution < -0.4 is 14.8 Å². The van der Waals surface area contributed by atoms with Crippen LogP contribution in [0, 0.1) is 17.0 Å². The molecule has 4 rings (SSSR count). The van der Waals surface area contributed by atoms with Gasteiger partial charge in [-0.3, -0.25) is 19.8 Å². The van der Waals surface area contributed by atoms with Crippen LogP contribution in [-0.2, 0) is 17.9 Å². The first-order chi connectivity index (χ1) is 17.7. The van der Waals surface area contributed by atoms with Gasteiger partial charge in [0, 0.05) is 12.1 Å². The summed E-state index contributed by atoms with van der Waals surface area (Å²) in [6.07, 6.45) is 1.58. The molecule has 1 fully saturated rings. The number of non-ortho nitro benzene ring substituents is 1. The summed E-state index contributed by atoms with van der Waals surface area (Å²) in [6.45, 7) is 4.41. The van der Waals surface area contributed by atoms with Gasteiger partial charge in [0.2, 0.25) is 0 Å². The molecule has 0 unspecified atom stereocenters. The maximum absolute atomic E-state index is 12.9. The lowest BCUT2D eigenvalue weighted by Crippen LogP contribution is -2.30. The van der Waals surface area contributed by atoms with Crippen molar-refractivity contribution in [2.24, 2.45) is 0 Å². The molecule has 3 aromatic carbocycles. The molecule has 9 nitrogen and oxygen atoms in total. The van der Waals surface area contributed by atoms with Crippen molar-refractivity contribution in [3.05, 3.63) is 103 Å². The van der Waals surface area contributed by atoms with Crippen LogP contribution in [-0.4, -0.2) is 28.4 Å². The highest BCUT2D eigenvalue weighted by Gasteiger charge is 2.33. The van der Waals surface area contributed by atoms with Crippen molar-refractivity contribution in [3.63, 3.8) is 0 Å². The highest BCUT2D eigenvalue weighted by atomic mass is 79.9. The number of amides is 3. The zero-order chi connectivity index (χ0) is 26.5. The second-order valence-corrected chi connectivity index (χ2v) is 9.20. The van der Waals surface area contributed by atoms with Gasteiger partial charge in [-0.1, -0.05) is 42.0 Å². The van der Waals surface area contributed by atoms with E-state index in [1.165, 1.54) is 12.1 Å². The summed E-state index contributed by atoms with van der Waals surface area (Å²) < 4.78 is 12.3. The van der Waals surface area contributed by atoms with Crippen molar-refractivity contribution in [1.29, 1.82) is 0 Å². The van der Waals surface area contributed by atoms with Crippen LogP contribution in [0.3, 0.4) is 0 Å². The van der Waals surface area contributed by atoms with Gasteiger partial charge in [0.25, 0.3) is 11.6 Å². The Morgan fingerprint density at radius 3 is 2.51 bits per heavy atom. The monoisotopic (exact) mass is 565 g/mol. The number of nitro groups is 1. The van der Waals surface area contributed by atoms with Crippen LogP contribution >= 0.6 is 15.9 Å². The number of halogens is 1. The molecule has 0 atom stereocenters. The van der Waals surface area contributed by atoms with Crippen LogP contribution in [0.2, 0.25) is 0 Å². The molecule has 0 aromatic heterocycles. The normalized spacial score (nSPS) is 14.1. The second kappa shape index (κ2) is 11.3. The number of nitrogens with zero attached hydrogens (tertiary/aromatic N) is 2. The molecule has 37 heavy (non-hydrogen) atoms. The first kappa shape index (κ1) is 25.9. The number of rotatable bonds is 9. The summed E-state index contributed by atoms with van der Waals surface area (Å²) >= 11 is 3.49. The fraction of sp³-hybridized carbons (Fsp3) is 0.185. The largest absolute Gasteiger partial charge is 0.490 e. The minimum absolute atomic E-state index is 0.0214. The zero-order valence-electron chi connectivity index (χ0n) is 20.2. The van der Waals surface area contributed by atoms with Crippen LogP contribution in [0.15, 0.2) is 70.8 Å². The van der Waals surface area contributed by atoms with Gasteiger partial charge in [-0.25, -0.2) is 4.79 Å². The molecular weight excluding hydrogens is 542 g/mol. The predicted octanol–water partition coefficient (Wildman–Crippen LogP) is 5.74. The third-order valence-electron chi connectivity index (χ3n) is 5.57. The lowest BCUT2D eigenvalue weighted by Gasteiger charge is -2.15. The average molecular weight is 566 g/mol. The molecule has 0 aliphatic carbocycles. The number of carbonyl (C=O) groups is 2. The molecule has 1 saturated heterocycles.